The molecule has 0 bridgehead atoms. The van der Waals surface area contributed by atoms with Gasteiger partial charge in [0.15, 0.2) is 0 Å². The van der Waals surface area contributed by atoms with Crippen molar-refractivity contribution in [2.75, 3.05) is 13.2 Å². The minimum absolute atomic E-state index is 0.180. The molecular weight excluding hydrogens is 178 g/mol. The van der Waals surface area contributed by atoms with Gasteiger partial charge in [-0.15, -0.1) is 0 Å². The average Bonchev–Trinajstić information content (AvgIpc) is 2.05. The molecule has 2 atom stereocenters. The van der Waals surface area contributed by atoms with Crippen molar-refractivity contribution in [1.29, 1.82) is 0 Å². The van der Waals surface area contributed by atoms with Crippen LogP contribution in [0.3, 0.4) is 0 Å². The Hall–Kier alpha value is -1.17. The van der Waals surface area contributed by atoms with E-state index in [9.17, 15) is 14.9 Å². The minimum atomic E-state index is -1.28. The first-order valence-corrected chi connectivity index (χ1v) is 3.95. The molecule has 0 aromatic carbocycles. The predicted molar refractivity (Wildman–Crippen MR) is 43.7 cm³/mol. The normalized spacial score (nSPS) is 14.7. The molecule has 0 saturated heterocycles. The zero-order chi connectivity index (χ0) is 10.4. The maximum absolute atomic E-state index is 11.0. The molecule has 76 valence electrons. The molecule has 0 spiro atoms. The van der Waals surface area contributed by atoms with Crippen LogP contribution >= 0.6 is 0 Å². The number of carbonyl (C=O) groups excluding carboxylic acids is 1. The van der Waals surface area contributed by atoms with Crippen molar-refractivity contribution in [3.63, 3.8) is 0 Å². The largest absolute Gasteiger partial charge is 0.466 e. The van der Waals surface area contributed by atoms with E-state index in [2.05, 4.69) is 4.74 Å². The molecule has 0 aromatic rings. The second kappa shape index (κ2) is 5.47. The summed E-state index contributed by atoms with van der Waals surface area (Å²) in [6, 6.07) is -1.28. The van der Waals surface area contributed by atoms with Crippen LogP contribution in [0.15, 0.2) is 0 Å². The smallest absolute Gasteiger partial charge is 0.315 e. The fourth-order valence-corrected chi connectivity index (χ4v) is 0.838. The number of nitrogens with zero attached hydrogens (tertiary/aromatic N) is 1. The Kier molecular flexibility index (Phi) is 4.98. The van der Waals surface area contributed by atoms with E-state index in [4.69, 9.17) is 5.11 Å². The monoisotopic (exact) mass is 191 g/mol. The molecule has 0 aliphatic carbocycles. The van der Waals surface area contributed by atoms with E-state index < -0.39 is 29.5 Å². The van der Waals surface area contributed by atoms with Gasteiger partial charge in [-0.05, 0) is 13.8 Å². The van der Waals surface area contributed by atoms with E-state index in [1.54, 1.807) is 6.92 Å². The summed E-state index contributed by atoms with van der Waals surface area (Å²) in [6.45, 7) is 2.50. The van der Waals surface area contributed by atoms with E-state index in [1.807, 2.05) is 0 Å². The highest BCUT2D eigenvalue weighted by Crippen LogP contribution is 2.08. The Morgan fingerprint density at radius 3 is 2.54 bits per heavy atom. The summed E-state index contributed by atoms with van der Waals surface area (Å²) in [6.07, 6.45) is 0. The Labute approximate surface area is 75.7 Å². The summed E-state index contributed by atoms with van der Waals surface area (Å²) < 4.78 is 4.58. The van der Waals surface area contributed by atoms with Crippen LogP contribution < -0.4 is 0 Å². The van der Waals surface area contributed by atoms with Crippen molar-refractivity contribution in [3.05, 3.63) is 10.1 Å². The topological polar surface area (TPSA) is 89.7 Å². The van der Waals surface area contributed by atoms with Crippen LogP contribution in [-0.4, -0.2) is 35.3 Å². The summed E-state index contributed by atoms with van der Waals surface area (Å²) >= 11 is 0. The molecule has 0 aliphatic heterocycles. The summed E-state index contributed by atoms with van der Waals surface area (Å²) in [5.74, 6) is -1.57. The summed E-state index contributed by atoms with van der Waals surface area (Å²) in [7, 11) is 0. The first kappa shape index (κ1) is 11.8. The number of nitro groups is 1. The van der Waals surface area contributed by atoms with Crippen LogP contribution in [0, 0.1) is 16.0 Å². The van der Waals surface area contributed by atoms with E-state index >= 15 is 0 Å². The first-order chi connectivity index (χ1) is 6.04. The lowest BCUT2D eigenvalue weighted by atomic mass is 10.0. The maximum atomic E-state index is 11.0. The molecule has 0 saturated carbocycles. The van der Waals surface area contributed by atoms with Crippen molar-refractivity contribution in [2.24, 2.45) is 5.92 Å². The number of ether oxygens (including phenoxy) is 1. The molecule has 2 unspecified atom stereocenters. The molecule has 0 heterocycles. The average molecular weight is 191 g/mol. The Bertz CT molecular complexity index is 193. The fourth-order valence-electron chi connectivity index (χ4n) is 0.838. The number of aliphatic hydroxyl groups excluding tert-OH is 1. The van der Waals surface area contributed by atoms with Crippen molar-refractivity contribution in [3.8, 4) is 0 Å². The van der Waals surface area contributed by atoms with Gasteiger partial charge in [-0.3, -0.25) is 14.9 Å². The summed E-state index contributed by atoms with van der Waals surface area (Å²) in [5.41, 5.74) is 0. The van der Waals surface area contributed by atoms with Gasteiger partial charge in [-0.1, -0.05) is 0 Å². The van der Waals surface area contributed by atoms with E-state index in [-0.39, 0.29) is 6.61 Å². The Morgan fingerprint density at radius 2 is 2.23 bits per heavy atom. The van der Waals surface area contributed by atoms with E-state index in [0.29, 0.717) is 0 Å². The SMILES string of the molecule is CCOC(=O)C(C)C(CO)[N+](=O)[O-]. The van der Waals surface area contributed by atoms with Gasteiger partial charge in [0.2, 0.25) is 6.04 Å². The van der Waals surface area contributed by atoms with Crippen LogP contribution in [0.1, 0.15) is 13.8 Å². The third-order valence-corrected chi connectivity index (χ3v) is 1.69. The van der Waals surface area contributed by atoms with Crippen molar-refractivity contribution in [2.45, 2.75) is 19.9 Å². The molecule has 0 rings (SSSR count). The quantitative estimate of drug-likeness (QED) is 0.370. The molecular formula is C7H13NO5. The van der Waals surface area contributed by atoms with Gasteiger partial charge in [-0.2, -0.15) is 0 Å². The van der Waals surface area contributed by atoms with Crippen molar-refractivity contribution >= 4 is 5.97 Å². The second-order valence-electron chi connectivity index (χ2n) is 2.58. The Balaban J connectivity index is 4.27. The van der Waals surface area contributed by atoms with Gasteiger partial charge >= 0.3 is 5.97 Å². The molecule has 0 amide bonds. The number of hydrogen-bond acceptors (Lipinski definition) is 5. The number of aliphatic hydroxyl groups is 1. The molecule has 0 aliphatic rings. The van der Waals surface area contributed by atoms with Gasteiger partial charge in [0, 0.05) is 4.92 Å². The lowest BCUT2D eigenvalue weighted by molar-refractivity contribution is -0.532. The van der Waals surface area contributed by atoms with Crippen molar-refractivity contribution < 1.29 is 19.6 Å². The number of carbonyl (C=O) groups is 1. The lowest BCUT2D eigenvalue weighted by Crippen LogP contribution is -2.36. The highest BCUT2D eigenvalue weighted by molar-refractivity contribution is 5.72. The first-order valence-electron chi connectivity index (χ1n) is 3.95. The maximum Gasteiger partial charge on any atom is 0.315 e. The minimum Gasteiger partial charge on any atom is -0.466 e. The predicted octanol–water partition coefficient (Wildman–Crippen LogP) is -0.177. The third kappa shape index (κ3) is 3.37. The lowest BCUT2D eigenvalue weighted by Gasteiger charge is -2.12. The third-order valence-electron chi connectivity index (χ3n) is 1.69. The van der Waals surface area contributed by atoms with Crippen LogP contribution in [0.25, 0.3) is 0 Å². The highest BCUT2D eigenvalue weighted by Gasteiger charge is 2.33. The second-order valence-corrected chi connectivity index (χ2v) is 2.58. The van der Waals surface area contributed by atoms with Crippen LogP contribution in [0.2, 0.25) is 0 Å². The zero-order valence-electron chi connectivity index (χ0n) is 7.60. The number of esters is 1. The van der Waals surface area contributed by atoms with Gasteiger partial charge in [0.05, 0.1) is 6.61 Å². The van der Waals surface area contributed by atoms with Crippen LogP contribution in [0.4, 0.5) is 0 Å². The molecule has 13 heavy (non-hydrogen) atoms. The van der Waals surface area contributed by atoms with Gasteiger partial charge in [0.25, 0.3) is 0 Å². The van der Waals surface area contributed by atoms with Crippen LogP contribution in [0.5, 0.6) is 0 Å². The molecule has 6 nitrogen and oxygen atoms in total. The number of rotatable bonds is 5. The number of hydrogen-bond donors (Lipinski definition) is 1. The van der Waals surface area contributed by atoms with Crippen molar-refractivity contribution in [1.82, 2.24) is 0 Å². The standard InChI is InChI=1S/C7H13NO5/c1-3-13-7(10)5(2)6(4-9)8(11)12/h5-6,9H,3-4H2,1-2H3. The van der Waals surface area contributed by atoms with Gasteiger partial charge < -0.3 is 9.84 Å². The molecule has 6 heteroatoms. The zero-order valence-corrected chi connectivity index (χ0v) is 7.60. The van der Waals surface area contributed by atoms with Crippen LogP contribution in [-0.2, 0) is 9.53 Å². The van der Waals surface area contributed by atoms with E-state index in [1.165, 1.54) is 6.92 Å². The summed E-state index contributed by atoms with van der Waals surface area (Å²) in [4.78, 5) is 20.6. The Morgan fingerprint density at radius 1 is 1.69 bits per heavy atom. The molecule has 1 N–H and O–H groups in total. The highest BCUT2D eigenvalue weighted by atomic mass is 16.6. The molecule has 0 aromatic heterocycles. The van der Waals surface area contributed by atoms with E-state index in [0.717, 1.165) is 0 Å². The molecule has 0 radical (unpaired) electrons. The summed E-state index contributed by atoms with van der Waals surface area (Å²) in [5, 5.41) is 19.0. The fraction of sp³-hybridized carbons (Fsp3) is 0.857. The van der Waals surface area contributed by atoms with Gasteiger partial charge in [-0.25, -0.2) is 0 Å². The molecule has 0 fully saturated rings. The van der Waals surface area contributed by atoms with Gasteiger partial charge in [0.1, 0.15) is 12.5 Å².